The Hall–Kier alpha value is -1.22. The predicted molar refractivity (Wildman–Crippen MR) is 63.1 cm³/mol. The Balaban J connectivity index is 2.98. The van der Waals surface area contributed by atoms with Crippen LogP contribution in [0.1, 0.15) is 26.3 Å². The van der Waals surface area contributed by atoms with Crippen molar-refractivity contribution < 1.29 is 8.78 Å². The van der Waals surface area contributed by atoms with Crippen LogP contribution < -0.4 is 5.32 Å². The maximum atomic E-state index is 13.4. The molecule has 1 rings (SSSR count). The fourth-order valence-corrected chi connectivity index (χ4v) is 1.47. The molecule has 0 saturated heterocycles. The Morgan fingerprint density at radius 1 is 1.38 bits per heavy atom. The lowest BCUT2D eigenvalue weighted by Crippen LogP contribution is -2.26. The summed E-state index contributed by atoms with van der Waals surface area (Å²) >= 11 is 0. The van der Waals surface area contributed by atoms with Crippen molar-refractivity contribution in [1.29, 1.82) is 0 Å². The molecule has 0 radical (unpaired) electrons. The highest BCUT2D eigenvalue weighted by atomic mass is 19.1. The van der Waals surface area contributed by atoms with Crippen LogP contribution in [0.15, 0.2) is 23.8 Å². The van der Waals surface area contributed by atoms with E-state index in [1.807, 2.05) is 20.8 Å². The second-order valence-corrected chi connectivity index (χ2v) is 3.80. The smallest absolute Gasteiger partial charge is 0.133 e. The van der Waals surface area contributed by atoms with Crippen molar-refractivity contribution in [2.75, 3.05) is 6.54 Å². The minimum atomic E-state index is -0.525. The van der Waals surface area contributed by atoms with E-state index in [4.69, 9.17) is 0 Å². The highest BCUT2D eigenvalue weighted by Crippen LogP contribution is 2.17. The van der Waals surface area contributed by atoms with Gasteiger partial charge in [0.25, 0.3) is 0 Å². The van der Waals surface area contributed by atoms with E-state index < -0.39 is 11.6 Å². The molecular weight excluding hydrogens is 208 g/mol. The molecule has 0 aliphatic rings. The molecule has 1 atom stereocenters. The van der Waals surface area contributed by atoms with Crippen molar-refractivity contribution >= 4 is 6.08 Å². The molecule has 0 aliphatic carbocycles. The number of hydrogen-bond donors (Lipinski definition) is 1. The molecule has 0 heterocycles. The lowest BCUT2D eigenvalue weighted by atomic mass is 10.1. The van der Waals surface area contributed by atoms with Crippen LogP contribution >= 0.6 is 0 Å². The number of benzene rings is 1. The Labute approximate surface area is 95.2 Å². The van der Waals surface area contributed by atoms with E-state index >= 15 is 0 Å². The van der Waals surface area contributed by atoms with E-state index in [1.165, 1.54) is 18.2 Å². The first-order valence-electron chi connectivity index (χ1n) is 5.41. The van der Waals surface area contributed by atoms with Gasteiger partial charge in [-0.05, 0) is 38.6 Å². The highest BCUT2D eigenvalue weighted by molar-refractivity contribution is 5.54. The fraction of sp³-hybridized carbons (Fsp3) is 0.385. The highest BCUT2D eigenvalue weighted by Gasteiger charge is 2.08. The van der Waals surface area contributed by atoms with E-state index in [9.17, 15) is 8.78 Å². The Morgan fingerprint density at radius 3 is 2.44 bits per heavy atom. The van der Waals surface area contributed by atoms with Gasteiger partial charge in [0.05, 0.1) is 0 Å². The largest absolute Gasteiger partial charge is 0.311 e. The molecule has 1 aromatic rings. The summed E-state index contributed by atoms with van der Waals surface area (Å²) in [6.45, 7) is 6.65. The zero-order valence-electron chi connectivity index (χ0n) is 9.85. The van der Waals surface area contributed by atoms with Crippen LogP contribution in [0.4, 0.5) is 8.78 Å². The number of nitrogens with one attached hydrogen (secondary N) is 1. The van der Waals surface area contributed by atoms with E-state index in [2.05, 4.69) is 5.32 Å². The minimum Gasteiger partial charge on any atom is -0.311 e. The summed E-state index contributed by atoms with van der Waals surface area (Å²) in [7, 11) is 0. The number of halogens is 2. The van der Waals surface area contributed by atoms with Gasteiger partial charge in [0, 0.05) is 11.6 Å². The summed E-state index contributed by atoms with van der Waals surface area (Å²) in [6.07, 6.45) is 1.55. The summed E-state index contributed by atoms with van der Waals surface area (Å²) in [4.78, 5) is 0. The Kier molecular flexibility index (Phi) is 4.62. The monoisotopic (exact) mass is 225 g/mol. The molecule has 3 heteroatoms. The first-order chi connectivity index (χ1) is 7.56. The SMILES string of the molecule is CCNC(C)/C(C)=C/c1c(F)cccc1F. The number of rotatable bonds is 4. The van der Waals surface area contributed by atoms with Gasteiger partial charge in [-0.25, -0.2) is 8.78 Å². The summed E-state index contributed by atoms with van der Waals surface area (Å²) in [6, 6.07) is 4.01. The maximum absolute atomic E-state index is 13.4. The predicted octanol–water partition coefficient (Wildman–Crippen LogP) is 3.37. The van der Waals surface area contributed by atoms with E-state index in [-0.39, 0.29) is 11.6 Å². The molecule has 1 N–H and O–H groups in total. The molecule has 16 heavy (non-hydrogen) atoms. The van der Waals surface area contributed by atoms with Crippen molar-refractivity contribution in [3.8, 4) is 0 Å². The second-order valence-electron chi connectivity index (χ2n) is 3.80. The maximum Gasteiger partial charge on any atom is 0.133 e. The van der Waals surface area contributed by atoms with Crippen molar-refractivity contribution in [2.45, 2.75) is 26.8 Å². The molecule has 88 valence electrons. The van der Waals surface area contributed by atoms with Crippen molar-refractivity contribution in [1.82, 2.24) is 5.32 Å². The van der Waals surface area contributed by atoms with Gasteiger partial charge in [-0.3, -0.25) is 0 Å². The molecule has 1 nitrogen and oxygen atoms in total. The van der Waals surface area contributed by atoms with Gasteiger partial charge in [0.15, 0.2) is 0 Å². The van der Waals surface area contributed by atoms with Crippen molar-refractivity contribution in [3.05, 3.63) is 41.0 Å². The molecule has 0 aliphatic heterocycles. The van der Waals surface area contributed by atoms with Gasteiger partial charge in [0.2, 0.25) is 0 Å². The lowest BCUT2D eigenvalue weighted by molar-refractivity contribution is 0.577. The van der Waals surface area contributed by atoms with Crippen molar-refractivity contribution in [3.63, 3.8) is 0 Å². The molecule has 0 bridgehead atoms. The molecule has 0 aromatic heterocycles. The van der Waals surface area contributed by atoms with Gasteiger partial charge in [-0.15, -0.1) is 0 Å². The first-order valence-corrected chi connectivity index (χ1v) is 5.41. The summed E-state index contributed by atoms with van der Waals surface area (Å²) in [5, 5.41) is 3.19. The average molecular weight is 225 g/mol. The summed E-state index contributed by atoms with van der Waals surface area (Å²) < 4.78 is 26.7. The molecule has 0 spiro atoms. The topological polar surface area (TPSA) is 12.0 Å². The Bertz CT molecular complexity index is 365. The third-order valence-electron chi connectivity index (χ3n) is 2.57. The van der Waals surface area contributed by atoms with Crippen LogP contribution in [0.5, 0.6) is 0 Å². The van der Waals surface area contributed by atoms with E-state index in [1.54, 1.807) is 6.08 Å². The average Bonchev–Trinajstić information content (AvgIpc) is 2.23. The molecule has 0 amide bonds. The van der Waals surface area contributed by atoms with Gasteiger partial charge >= 0.3 is 0 Å². The lowest BCUT2D eigenvalue weighted by Gasteiger charge is -2.13. The van der Waals surface area contributed by atoms with Gasteiger partial charge in [-0.1, -0.05) is 18.6 Å². The molecule has 1 unspecified atom stereocenters. The first kappa shape index (κ1) is 12.8. The number of hydrogen-bond acceptors (Lipinski definition) is 1. The van der Waals surface area contributed by atoms with Gasteiger partial charge in [-0.2, -0.15) is 0 Å². The fourth-order valence-electron chi connectivity index (χ4n) is 1.47. The van der Waals surface area contributed by atoms with Crippen LogP contribution in [-0.4, -0.2) is 12.6 Å². The van der Waals surface area contributed by atoms with Crippen molar-refractivity contribution in [2.24, 2.45) is 0 Å². The molecule has 1 aromatic carbocycles. The van der Waals surface area contributed by atoms with E-state index in [0.29, 0.717) is 0 Å². The second kappa shape index (κ2) is 5.75. The quantitative estimate of drug-likeness (QED) is 0.828. The van der Waals surface area contributed by atoms with Gasteiger partial charge < -0.3 is 5.32 Å². The number of likely N-dealkylation sites (N-methyl/N-ethyl adjacent to an activating group) is 1. The van der Waals surface area contributed by atoms with Crippen LogP contribution in [0, 0.1) is 11.6 Å². The molecular formula is C13H17F2N. The molecule has 0 saturated carbocycles. The van der Waals surface area contributed by atoms with E-state index in [0.717, 1.165) is 12.1 Å². The summed E-state index contributed by atoms with van der Waals surface area (Å²) in [5.74, 6) is -1.05. The third-order valence-corrected chi connectivity index (χ3v) is 2.57. The summed E-state index contributed by atoms with van der Waals surface area (Å²) in [5.41, 5.74) is 0.940. The van der Waals surface area contributed by atoms with Gasteiger partial charge in [0.1, 0.15) is 11.6 Å². The molecule has 0 fully saturated rings. The minimum absolute atomic E-state index is 0.0322. The Morgan fingerprint density at radius 2 is 1.94 bits per heavy atom. The standard InChI is InChI=1S/C13H17F2N/c1-4-16-10(3)9(2)8-11-12(14)6-5-7-13(11)15/h5-8,10,16H,4H2,1-3H3/b9-8+. The normalized spacial score (nSPS) is 13.9. The zero-order valence-corrected chi connectivity index (χ0v) is 9.85. The third kappa shape index (κ3) is 3.14. The zero-order chi connectivity index (χ0) is 12.1. The van der Waals surface area contributed by atoms with Crippen LogP contribution in [-0.2, 0) is 0 Å². The van der Waals surface area contributed by atoms with Crippen LogP contribution in [0.25, 0.3) is 6.08 Å². The van der Waals surface area contributed by atoms with Crippen LogP contribution in [0.3, 0.4) is 0 Å². The van der Waals surface area contributed by atoms with Crippen LogP contribution in [0.2, 0.25) is 0 Å².